The van der Waals surface area contributed by atoms with Crippen LogP contribution in [-0.2, 0) is 10.3 Å². The van der Waals surface area contributed by atoms with E-state index in [0.717, 1.165) is 0 Å². The Balaban J connectivity index is 1.72. The number of carbonyl (C=O) groups excluding carboxylic acids is 2. The number of nitrogens with one attached hydrogen (secondary N) is 3. The Labute approximate surface area is 162 Å². The van der Waals surface area contributed by atoms with E-state index in [9.17, 15) is 14.0 Å². The molecule has 0 spiro atoms. The van der Waals surface area contributed by atoms with Gasteiger partial charge in [0.2, 0.25) is 5.91 Å². The van der Waals surface area contributed by atoms with Gasteiger partial charge in [0.05, 0.1) is 23.8 Å². The van der Waals surface area contributed by atoms with Gasteiger partial charge in [0.15, 0.2) is 0 Å². The zero-order chi connectivity index (χ0) is 20.5. The fraction of sp³-hybridized carbons (Fsp3) is 0.474. The van der Waals surface area contributed by atoms with Gasteiger partial charge in [-0.15, -0.1) is 5.10 Å². The number of nitrogens with zero attached hydrogens (tertiary/aromatic N) is 3. The molecule has 0 radical (unpaired) electrons. The quantitative estimate of drug-likeness (QED) is 0.711. The topological polar surface area (TPSA) is 101 Å². The molecule has 3 N–H and O–H groups in total. The third kappa shape index (κ3) is 4.04. The number of likely N-dealkylation sites (N-methyl/N-ethyl adjacent to an activating group) is 1. The second kappa shape index (κ2) is 7.67. The van der Waals surface area contributed by atoms with Crippen molar-refractivity contribution in [3.63, 3.8) is 0 Å². The molecule has 150 valence electrons. The first kappa shape index (κ1) is 19.9. The Hall–Kier alpha value is -2.81. The van der Waals surface area contributed by atoms with Gasteiger partial charge in [0.1, 0.15) is 11.5 Å². The van der Waals surface area contributed by atoms with E-state index in [1.165, 1.54) is 12.1 Å². The highest BCUT2D eigenvalue weighted by Gasteiger charge is 2.33. The third-order valence-corrected chi connectivity index (χ3v) is 5.07. The summed E-state index contributed by atoms with van der Waals surface area (Å²) in [5.41, 5.74) is 0.753. The predicted octanol–water partition coefficient (Wildman–Crippen LogP) is 1.04. The minimum atomic E-state index is -0.805. The number of rotatable bonds is 5. The normalized spacial score (nSPS) is 19.5. The van der Waals surface area contributed by atoms with Crippen LogP contribution in [0.5, 0.6) is 0 Å². The number of benzene rings is 1. The van der Waals surface area contributed by atoms with Crippen LogP contribution < -0.4 is 16.0 Å². The number of hydrogen-bond donors (Lipinski definition) is 3. The van der Waals surface area contributed by atoms with Gasteiger partial charge >= 0.3 is 0 Å². The van der Waals surface area contributed by atoms with Crippen LogP contribution in [0, 0.1) is 12.7 Å². The maximum atomic E-state index is 13.5. The SMILES string of the molecule is CNC(=O)[C@@H]1C[C@H](n2cc(C(C)(C)NC(=O)c3cc(F)ccc3C)nn2)CN1. The molecule has 8 nitrogen and oxygen atoms in total. The first-order valence-corrected chi connectivity index (χ1v) is 9.17. The number of carbonyl (C=O) groups is 2. The van der Waals surface area contributed by atoms with E-state index in [-0.39, 0.29) is 29.5 Å². The van der Waals surface area contributed by atoms with E-state index in [4.69, 9.17) is 0 Å². The fourth-order valence-electron chi connectivity index (χ4n) is 3.29. The van der Waals surface area contributed by atoms with Crippen LogP contribution in [0.1, 0.15) is 47.9 Å². The van der Waals surface area contributed by atoms with Crippen LogP contribution in [-0.4, -0.2) is 46.4 Å². The van der Waals surface area contributed by atoms with Crippen molar-refractivity contribution in [3.8, 4) is 0 Å². The molecule has 3 rings (SSSR count). The van der Waals surface area contributed by atoms with Crippen LogP contribution in [0.15, 0.2) is 24.4 Å². The maximum Gasteiger partial charge on any atom is 0.252 e. The summed E-state index contributed by atoms with van der Waals surface area (Å²) in [7, 11) is 1.61. The molecule has 0 bridgehead atoms. The van der Waals surface area contributed by atoms with Crippen LogP contribution in [0.25, 0.3) is 0 Å². The molecule has 0 aliphatic carbocycles. The van der Waals surface area contributed by atoms with Gasteiger partial charge in [-0.05, 0) is 44.9 Å². The average molecular weight is 388 g/mol. The molecule has 1 aromatic heterocycles. The van der Waals surface area contributed by atoms with Gasteiger partial charge < -0.3 is 16.0 Å². The van der Waals surface area contributed by atoms with Gasteiger partial charge in [0.25, 0.3) is 5.91 Å². The Morgan fingerprint density at radius 2 is 2.11 bits per heavy atom. The summed E-state index contributed by atoms with van der Waals surface area (Å²) in [5, 5.41) is 17.1. The number of amides is 2. The lowest BCUT2D eigenvalue weighted by atomic mass is 9.99. The van der Waals surface area contributed by atoms with E-state index in [2.05, 4.69) is 26.3 Å². The standard InChI is InChI=1S/C19H25FN6O2/c1-11-5-6-12(20)7-14(11)17(27)23-19(2,3)16-10-26(25-24-16)13-8-15(22-9-13)18(28)21-4/h5-7,10,13,15,22H,8-9H2,1-4H3,(H,21,28)(H,23,27)/t13-,15-/m0/s1. The van der Waals surface area contributed by atoms with E-state index < -0.39 is 11.4 Å². The molecule has 2 amide bonds. The third-order valence-electron chi connectivity index (χ3n) is 5.07. The Morgan fingerprint density at radius 3 is 2.82 bits per heavy atom. The highest BCUT2D eigenvalue weighted by Crippen LogP contribution is 2.23. The van der Waals surface area contributed by atoms with Crippen LogP contribution in [0.4, 0.5) is 4.39 Å². The summed E-state index contributed by atoms with van der Waals surface area (Å²) < 4.78 is 15.2. The lowest BCUT2D eigenvalue weighted by Gasteiger charge is -2.24. The van der Waals surface area contributed by atoms with Crippen molar-refractivity contribution in [2.24, 2.45) is 0 Å². The van der Waals surface area contributed by atoms with Gasteiger partial charge in [-0.2, -0.15) is 0 Å². The summed E-state index contributed by atoms with van der Waals surface area (Å²) in [4.78, 5) is 24.4. The molecule has 0 unspecified atom stereocenters. The molecule has 28 heavy (non-hydrogen) atoms. The molecule has 9 heteroatoms. The molecule has 1 fully saturated rings. The second-order valence-electron chi connectivity index (χ2n) is 7.59. The summed E-state index contributed by atoms with van der Waals surface area (Å²) in [6.45, 7) is 5.99. The molecular weight excluding hydrogens is 363 g/mol. The van der Waals surface area contributed by atoms with Crippen molar-refractivity contribution in [1.29, 1.82) is 0 Å². The largest absolute Gasteiger partial charge is 0.358 e. The van der Waals surface area contributed by atoms with Crippen molar-refractivity contribution >= 4 is 11.8 Å². The monoisotopic (exact) mass is 388 g/mol. The first-order chi connectivity index (χ1) is 13.2. The predicted molar refractivity (Wildman–Crippen MR) is 101 cm³/mol. The molecule has 1 aromatic carbocycles. The second-order valence-corrected chi connectivity index (χ2v) is 7.59. The van der Waals surface area contributed by atoms with Gasteiger partial charge in [-0.25, -0.2) is 9.07 Å². The molecule has 1 aliphatic heterocycles. The number of aryl methyl sites for hydroxylation is 1. The molecule has 1 aliphatic rings. The van der Waals surface area contributed by atoms with Crippen molar-refractivity contribution < 1.29 is 14.0 Å². The number of aromatic nitrogens is 3. The molecule has 0 saturated carbocycles. The smallest absolute Gasteiger partial charge is 0.252 e. The zero-order valence-corrected chi connectivity index (χ0v) is 16.4. The fourth-order valence-corrected chi connectivity index (χ4v) is 3.29. The summed E-state index contributed by atoms with van der Waals surface area (Å²) in [5.74, 6) is -0.890. The zero-order valence-electron chi connectivity index (χ0n) is 16.4. The van der Waals surface area contributed by atoms with Crippen molar-refractivity contribution in [3.05, 3.63) is 47.0 Å². The van der Waals surface area contributed by atoms with E-state index in [1.807, 2.05) is 13.8 Å². The lowest BCUT2D eigenvalue weighted by molar-refractivity contribution is -0.122. The number of halogens is 1. The molecule has 2 heterocycles. The average Bonchev–Trinajstić information content (AvgIpc) is 3.32. The van der Waals surface area contributed by atoms with Crippen LogP contribution in [0.2, 0.25) is 0 Å². The minimum absolute atomic E-state index is 0.000477. The Bertz CT molecular complexity index is 894. The summed E-state index contributed by atoms with van der Waals surface area (Å²) >= 11 is 0. The summed E-state index contributed by atoms with van der Waals surface area (Å²) in [6, 6.07) is 3.86. The van der Waals surface area contributed by atoms with Crippen molar-refractivity contribution in [2.45, 2.75) is 44.8 Å². The van der Waals surface area contributed by atoms with Crippen molar-refractivity contribution in [2.75, 3.05) is 13.6 Å². The maximum absolute atomic E-state index is 13.5. The lowest BCUT2D eigenvalue weighted by Crippen LogP contribution is -2.41. The van der Waals surface area contributed by atoms with E-state index in [0.29, 0.717) is 24.2 Å². The first-order valence-electron chi connectivity index (χ1n) is 9.17. The molecule has 2 aromatic rings. The van der Waals surface area contributed by atoms with Crippen molar-refractivity contribution in [1.82, 2.24) is 30.9 Å². The van der Waals surface area contributed by atoms with Crippen LogP contribution >= 0.6 is 0 Å². The van der Waals surface area contributed by atoms with E-state index >= 15 is 0 Å². The highest BCUT2D eigenvalue weighted by atomic mass is 19.1. The summed E-state index contributed by atoms with van der Waals surface area (Å²) in [6.07, 6.45) is 2.38. The number of hydrogen-bond acceptors (Lipinski definition) is 5. The Kier molecular flexibility index (Phi) is 5.46. The van der Waals surface area contributed by atoms with Gasteiger partial charge in [-0.1, -0.05) is 11.3 Å². The molecule has 1 saturated heterocycles. The van der Waals surface area contributed by atoms with Crippen LogP contribution in [0.3, 0.4) is 0 Å². The van der Waals surface area contributed by atoms with Gasteiger partial charge in [0, 0.05) is 19.2 Å². The Morgan fingerprint density at radius 1 is 1.36 bits per heavy atom. The highest BCUT2D eigenvalue weighted by molar-refractivity contribution is 5.96. The minimum Gasteiger partial charge on any atom is -0.358 e. The molecule has 2 atom stereocenters. The van der Waals surface area contributed by atoms with Gasteiger partial charge in [-0.3, -0.25) is 9.59 Å². The van der Waals surface area contributed by atoms with E-state index in [1.54, 1.807) is 30.9 Å². The molecular formula is C19H25FN6O2.